The van der Waals surface area contributed by atoms with Gasteiger partial charge in [-0.15, -0.1) is 0 Å². The highest BCUT2D eigenvalue weighted by atomic mass is 32.1. The van der Waals surface area contributed by atoms with Crippen molar-refractivity contribution in [3.8, 4) is 0 Å². The molecule has 0 N–H and O–H groups in total. The maximum Gasteiger partial charge on any atom is 0.0598 e. The first kappa shape index (κ1) is 12.3. The van der Waals surface area contributed by atoms with Gasteiger partial charge in [0.25, 0.3) is 0 Å². The zero-order chi connectivity index (χ0) is 9.45. The molecule has 12 heavy (non-hydrogen) atoms. The van der Waals surface area contributed by atoms with Gasteiger partial charge in [0.2, 0.25) is 0 Å². The third-order valence-corrected chi connectivity index (χ3v) is 1.90. The summed E-state index contributed by atoms with van der Waals surface area (Å²) in [6, 6.07) is 0. The van der Waals surface area contributed by atoms with Crippen molar-refractivity contribution in [2.24, 2.45) is 0 Å². The number of hydrogen-bond acceptors (Lipinski definition) is 2. The third kappa shape index (κ3) is 10.3. The minimum Gasteiger partial charge on any atom is -0.376 e. The second-order valence-electron chi connectivity index (χ2n) is 4.10. The summed E-state index contributed by atoms with van der Waals surface area (Å²) in [7, 11) is 0. The van der Waals surface area contributed by atoms with Crippen LogP contribution in [0.2, 0.25) is 0 Å². The molecule has 0 saturated heterocycles. The molecular weight excluding hydrogens is 168 g/mol. The molecule has 0 aliphatic heterocycles. The van der Waals surface area contributed by atoms with Crippen LogP contribution >= 0.6 is 12.6 Å². The molecule has 0 heterocycles. The molecule has 0 aromatic heterocycles. The van der Waals surface area contributed by atoms with Crippen molar-refractivity contribution in [1.82, 2.24) is 0 Å². The molecule has 1 nitrogen and oxygen atoms in total. The molecule has 0 rings (SSSR count). The van der Waals surface area contributed by atoms with E-state index < -0.39 is 0 Å². The number of thiol groups is 1. The fourth-order valence-electron chi connectivity index (χ4n) is 0.946. The molecule has 0 spiro atoms. The van der Waals surface area contributed by atoms with Gasteiger partial charge in [0.1, 0.15) is 0 Å². The first-order valence-electron chi connectivity index (χ1n) is 4.81. The van der Waals surface area contributed by atoms with Crippen molar-refractivity contribution >= 4 is 12.6 Å². The normalized spacial score (nSPS) is 12.0. The second-order valence-corrected chi connectivity index (χ2v) is 4.55. The summed E-state index contributed by atoms with van der Waals surface area (Å²) < 4.78 is 5.59. The van der Waals surface area contributed by atoms with E-state index in [9.17, 15) is 0 Å². The molecule has 0 unspecified atom stereocenters. The minimum atomic E-state index is 0.0313. The fourth-order valence-corrected chi connectivity index (χ4v) is 1.17. The molecule has 74 valence electrons. The number of rotatable bonds is 6. The van der Waals surface area contributed by atoms with E-state index >= 15 is 0 Å². The molecule has 0 aromatic carbocycles. The van der Waals surface area contributed by atoms with E-state index in [-0.39, 0.29) is 5.60 Å². The van der Waals surface area contributed by atoms with Gasteiger partial charge in [-0.1, -0.05) is 12.8 Å². The highest BCUT2D eigenvalue weighted by Gasteiger charge is 2.08. The average Bonchev–Trinajstić information content (AvgIpc) is 1.94. The average molecular weight is 190 g/mol. The SMILES string of the molecule is CC(C)(C)OCCCCCCS. The van der Waals surface area contributed by atoms with Crippen LogP contribution in [0.15, 0.2) is 0 Å². The molecule has 0 aliphatic rings. The lowest BCUT2D eigenvalue weighted by Gasteiger charge is -2.19. The van der Waals surface area contributed by atoms with Crippen LogP contribution in [0.3, 0.4) is 0 Å². The van der Waals surface area contributed by atoms with Crippen LogP contribution in [-0.2, 0) is 4.74 Å². The van der Waals surface area contributed by atoms with Crippen molar-refractivity contribution in [2.75, 3.05) is 12.4 Å². The van der Waals surface area contributed by atoms with Crippen LogP contribution in [0.4, 0.5) is 0 Å². The lowest BCUT2D eigenvalue weighted by atomic mass is 10.2. The monoisotopic (exact) mass is 190 g/mol. The summed E-state index contributed by atoms with van der Waals surface area (Å²) in [5.41, 5.74) is 0.0313. The van der Waals surface area contributed by atoms with Crippen molar-refractivity contribution in [2.45, 2.75) is 52.1 Å². The first-order valence-corrected chi connectivity index (χ1v) is 5.44. The Morgan fingerprint density at radius 3 is 2.08 bits per heavy atom. The van der Waals surface area contributed by atoms with Crippen molar-refractivity contribution in [3.05, 3.63) is 0 Å². The van der Waals surface area contributed by atoms with E-state index in [1.54, 1.807) is 0 Å². The quantitative estimate of drug-likeness (QED) is 0.499. The van der Waals surface area contributed by atoms with Crippen LogP contribution in [-0.4, -0.2) is 18.0 Å². The minimum absolute atomic E-state index is 0.0313. The molecule has 0 radical (unpaired) electrons. The van der Waals surface area contributed by atoms with Gasteiger partial charge < -0.3 is 4.74 Å². The standard InChI is InChI=1S/C10H22OS/c1-10(2,3)11-8-6-4-5-7-9-12/h12H,4-9H2,1-3H3. The Hall–Kier alpha value is 0.310. The molecule has 0 amide bonds. The Balaban J connectivity index is 3.01. The summed E-state index contributed by atoms with van der Waals surface area (Å²) >= 11 is 4.16. The number of ether oxygens (including phenoxy) is 1. The Kier molecular flexibility index (Phi) is 6.96. The molecule has 0 aliphatic carbocycles. The topological polar surface area (TPSA) is 9.23 Å². The highest BCUT2D eigenvalue weighted by Crippen LogP contribution is 2.08. The van der Waals surface area contributed by atoms with Crippen LogP contribution in [0.1, 0.15) is 46.5 Å². The van der Waals surface area contributed by atoms with Crippen LogP contribution in [0.25, 0.3) is 0 Å². The van der Waals surface area contributed by atoms with Gasteiger partial charge >= 0.3 is 0 Å². The van der Waals surface area contributed by atoms with Gasteiger partial charge in [-0.25, -0.2) is 0 Å². The third-order valence-electron chi connectivity index (χ3n) is 1.59. The van der Waals surface area contributed by atoms with Gasteiger partial charge in [-0.3, -0.25) is 0 Å². The van der Waals surface area contributed by atoms with Crippen molar-refractivity contribution in [3.63, 3.8) is 0 Å². The lowest BCUT2D eigenvalue weighted by Crippen LogP contribution is -2.19. The van der Waals surface area contributed by atoms with E-state index in [1.165, 1.54) is 25.7 Å². The molecule has 0 fully saturated rings. The highest BCUT2D eigenvalue weighted by molar-refractivity contribution is 7.80. The summed E-state index contributed by atoms with van der Waals surface area (Å²) in [6.07, 6.45) is 4.98. The van der Waals surface area contributed by atoms with Crippen LogP contribution < -0.4 is 0 Å². The summed E-state index contributed by atoms with van der Waals surface area (Å²) in [5.74, 6) is 1.01. The Morgan fingerprint density at radius 2 is 1.58 bits per heavy atom. The predicted octanol–water partition coefficient (Wildman–Crippen LogP) is 3.29. The molecule has 0 aromatic rings. The van der Waals surface area contributed by atoms with Gasteiger partial charge in [0.15, 0.2) is 0 Å². The van der Waals surface area contributed by atoms with Gasteiger partial charge in [-0.05, 0) is 39.4 Å². The smallest absolute Gasteiger partial charge is 0.0598 e. The fraction of sp³-hybridized carbons (Fsp3) is 1.00. The van der Waals surface area contributed by atoms with E-state index in [0.29, 0.717) is 0 Å². The Morgan fingerprint density at radius 1 is 1.00 bits per heavy atom. The zero-order valence-electron chi connectivity index (χ0n) is 8.60. The lowest BCUT2D eigenvalue weighted by molar-refractivity contribution is -0.00470. The zero-order valence-corrected chi connectivity index (χ0v) is 9.49. The van der Waals surface area contributed by atoms with Crippen LogP contribution in [0, 0.1) is 0 Å². The molecule has 0 bridgehead atoms. The van der Waals surface area contributed by atoms with Gasteiger partial charge in [-0.2, -0.15) is 12.6 Å². The largest absolute Gasteiger partial charge is 0.376 e. The van der Waals surface area contributed by atoms with E-state index in [4.69, 9.17) is 4.74 Å². The molecule has 0 saturated carbocycles. The first-order chi connectivity index (χ1) is 5.56. The van der Waals surface area contributed by atoms with E-state index in [0.717, 1.165) is 12.4 Å². The van der Waals surface area contributed by atoms with E-state index in [1.807, 2.05) is 0 Å². The second kappa shape index (κ2) is 6.79. The maximum absolute atomic E-state index is 5.59. The predicted molar refractivity (Wildman–Crippen MR) is 58.0 cm³/mol. The Labute approximate surface area is 82.3 Å². The number of hydrogen-bond donors (Lipinski definition) is 1. The summed E-state index contributed by atoms with van der Waals surface area (Å²) in [4.78, 5) is 0. The summed E-state index contributed by atoms with van der Waals surface area (Å²) in [5, 5.41) is 0. The van der Waals surface area contributed by atoms with Gasteiger partial charge in [0, 0.05) is 6.61 Å². The van der Waals surface area contributed by atoms with E-state index in [2.05, 4.69) is 33.4 Å². The maximum atomic E-state index is 5.59. The van der Waals surface area contributed by atoms with Gasteiger partial charge in [0.05, 0.1) is 5.60 Å². The van der Waals surface area contributed by atoms with Crippen molar-refractivity contribution in [1.29, 1.82) is 0 Å². The molecule has 2 heteroatoms. The summed E-state index contributed by atoms with van der Waals surface area (Å²) in [6.45, 7) is 7.19. The Bertz CT molecular complexity index is 96.5. The van der Waals surface area contributed by atoms with Crippen LogP contribution in [0.5, 0.6) is 0 Å². The molecule has 0 atom stereocenters. The number of unbranched alkanes of at least 4 members (excludes halogenated alkanes) is 3. The molecular formula is C10H22OS. The van der Waals surface area contributed by atoms with Crippen molar-refractivity contribution < 1.29 is 4.74 Å².